The Morgan fingerprint density at radius 2 is 2.05 bits per heavy atom. The van der Waals surface area contributed by atoms with Gasteiger partial charge < -0.3 is 15.4 Å². The summed E-state index contributed by atoms with van der Waals surface area (Å²) in [7, 11) is 3.32. The Labute approximate surface area is 125 Å². The second-order valence-corrected chi connectivity index (χ2v) is 5.67. The van der Waals surface area contributed by atoms with E-state index in [4.69, 9.17) is 4.74 Å². The van der Waals surface area contributed by atoms with Gasteiger partial charge in [0.25, 0.3) is 0 Å². The van der Waals surface area contributed by atoms with Gasteiger partial charge in [-0.1, -0.05) is 19.3 Å². The molecule has 116 valence electrons. The summed E-state index contributed by atoms with van der Waals surface area (Å²) in [4.78, 5) is 12.2. The van der Waals surface area contributed by atoms with Crippen molar-refractivity contribution >= 4 is 11.6 Å². The van der Waals surface area contributed by atoms with Crippen LogP contribution in [0.25, 0.3) is 0 Å². The minimum absolute atomic E-state index is 0.0556. The lowest BCUT2D eigenvalue weighted by molar-refractivity contribution is -0.117. The van der Waals surface area contributed by atoms with Crippen LogP contribution in [0.5, 0.6) is 5.75 Å². The Kier molecular flexibility index (Phi) is 5.17. The molecule has 1 aliphatic rings. The zero-order chi connectivity index (χ0) is 15.3. The zero-order valence-electron chi connectivity index (χ0n) is 12.7. The molecule has 0 heterocycles. The van der Waals surface area contributed by atoms with E-state index in [2.05, 4.69) is 10.6 Å². The molecule has 21 heavy (non-hydrogen) atoms. The van der Waals surface area contributed by atoms with Crippen molar-refractivity contribution in [3.63, 3.8) is 0 Å². The summed E-state index contributed by atoms with van der Waals surface area (Å²) in [6.45, 7) is 0. The first-order valence-corrected chi connectivity index (χ1v) is 7.41. The molecule has 0 atom stereocenters. The largest absolute Gasteiger partial charge is 0.494 e. The van der Waals surface area contributed by atoms with Crippen LogP contribution in [0.1, 0.15) is 38.5 Å². The number of methoxy groups -OCH3 is 1. The number of carbonyl (C=O) groups excluding carboxylic acids is 1. The number of carbonyl (C=O) groups is 1. The van der Waals surface area contributed by atoms with Crippen molar-refractivity contribution in [1.82, 2.24) is 5.32 Å². The number of ether oxygens (including phenoxy) is 1. The Morgan fingerprint density at radius 1 is 1.33 bits per heavy atom. The summed E-state index contributed by atoms with van der Waals surface area (Å²) in [6, 6.07) is 4.34. The third kappa shape index (κ3) is 3.94. The summed E-state index contributed by atoms with van der Waals surface area (Å²) in [6.07, 6.45) is 6.01. The van der Waals surface area contributed by atoms with E-state index in [9.17, 15) is 9.18 Å². The molecule has 0 radical (unpaired) electrons. The van der Waals surface area contributed by atoms with Gasteiger partial charge in [-0.3, -0.25) is 4.79 Å². The van der Waals surface area contributed by atoms with Crippen LogP contribution in [0.2, 0.25) is 0 Å². The molecule has 2 N–H and O–H groups in total. The Hall–Kier alpha value is -1.62. The van der Waals surface area contributed by atoms with Gasteiger partial charge in [0.1, 0.15) is 0 Å². The normalized spacial score (nSPS) is 17.3. The van der Waals surface area contributed by atoms with Gasteiger partial charge in [0.05, 0.1) is 7.11 Å². The summed E-state index contributed by atoms with van der Waals surface area (Å²) in [5.41, 5.74) is 0.451. The molecule has 0 saturated heterocycles. The predicted molar refractivity (Wildman–Crippen MR) is 81.1 cm³/mol. The number of rotatable bonds is 5. The van der Waals surface area contributed by atoms with Crippen molar-refractivity contribution in [2.24, 2.45) is 0 Å². The van der Waals surface area contributed by atoms with E-state index in [0.717, 1.165) is 25.7 Å². The minimum atomic E-state index is -0.436. The molecule has 5 heteroatoms. The fourth-order valence-corrected chi connectivity index (χ4v) is 2.99. The quantitative estimate of drug-likeness (QED) is 0.877. The first-order chi connectivity index (χ1) is 10.1. The van der Waals surface area contributed by atoms with Gasteiger partial charge in [0.2, 0.25) is 5.91 Å². The van der Waals surface area contributed by atoms with Crippen molar-refractivity contribution in [3.8, 4) is 5.75 Å². The number of amides is 1. The van der Waals surface area contributed by atoms with Gasteiger partial charge in [-0.2, -0.15) is 0 Å². The maximum Gasteiger partial charge on any atom is 0.226 e. The first-order valence-electron chi connectivity index (χ1n) is 7.41. The van der Waals surface area contributed by atoms with E-state index in [1.807, 2.05) is 7.05 Å². The van der Waals surface area contributed by atoms with E-state index < -0.39 is 5.82 Å². The fraction of sp³-hybridized carbons (Fsp3) is 0.562. The van der Waals surface area contributed by atoms with E-state index in [1.54, 1.807) is 6.07 Å². The SMILES string of the molecule is CNC1(CC(=O)Nc2ccc(F)c(OC)c2)CCCCC1. The molecule has 1 amide bonds. The second-order valence-electron chi connectivity index (χ2n) is 5.67. The van der Waals surface area contributed by atoms with Crippen molar-refractivity contribution in [2.75, 3.05) is 19.5 Å². The highest BCUT2D eigenvalue weighted by molar-refractivity contribution is 5.91. The molecule has 1 aromatic carbocycles. The topological polar surface area (TPSA) is 50.4 Å². The highest BCUT2D eigenvalue weighted by Crippen LogP contribution is 2.31. The number of halogens is 1. The maximum absolute atomic E-state index is 13.3. The van der Waals surface area contributed by atoms with Gasteiger partial charge >= 0.3 is 0 Å². The minimum Gasteiger partial charge on any atom is -0.494 e. The lowest BCUT2D eigenvalue weighted by Gasteiger charge is -2.36. The molecule has 0 aliphatic heterocycles. The van der Waals surface area contributed by atoms with Crippen LogP contribution < -0.4 is 15.4 Å². The molecule has 1 aliphatic carbocycles. The summed E-state index contributed by atoms with van der Waals surface area (Å²) in [5.74, 6) is -0.358. The van der Waals surface area contributed by atoms with E-state index in [-0.39, 0.29) is 17.2 Å². The first kappa shape index (κ1) is 15.8. The van der Waals surface area contributed by atoms with Crippen LogP contribution in [-0.4, -0.2) is 25.6 Å². The van der Waals surface area contributed by atoms with Gasteiger partial charge in [-0.25, -0.2) is 4.39 Å². The average molecular weight is 294 g/mol. The second kappa shape index (κ2) is 6.89. The van der Waals surface area contributed by atoms with Crippen LogP contribution in [0.15, 0.2) is 18.2 Å². The van der Waals surface area contributed by atoms with Crippen molar-refractivity contribution in [3.05, 3.63) is 24.0 Å². The molecule has 4 nitrogen and oxygen atoms in total. The molecular weight excluding hydrogens is 271 g/mol. The van der Waals surface area contributed by atoms with Crippen LogP contribution in [0, 0.1) is 5.82 Å². The molecule has 0 bridgehead atoms. The monoisotopic (exact) mass is 294 g/mol. The molecule has 1 fully saturated rings. The number of hydrogen-bond donors (Lipinski definition) is 2. The number of benzene rings is 1. The standard InChI is InChI=1S/C16H23FN2O2/c1-18-16(8-4-3-5-9-16)11-15(20)19-12-6-7-13(17)14(10-12)21-2/h6-7,10,18H,3-5,8-9,11H2,1-2H3,(H,19,20). The Morgan fingerprint density at radius 3 is 2.67 bits per heavy atom. The third-order valence-electron chi connectivity index (χ3n) is 4.27. The summed E-state index contributed by atoms with van der Waals surface area (Å²) in [5, 5.41) is 6.14. The highest BCUT2D eigenvalue weighted by Gasteiger charge is 2.32. The van der Waals surface area contributed by atoms with Crippen LogP contribution in [0.3, 0.4) is 0 Å². The Bertz CT molecular complexity index is 499. The van der Waals surface area contributed by atoms with Gasteiger partial charge in [0, 0.05) is 23.7 Å². The van der Waals surface area contributed by atoms with Crippen molar-refractivity contribution in [2.45, 2.75) is 44.1 Å². The molecule has 0 aromatic heterocycles. The van der Waals surface area contributed by atoms with Gasteiger partial charge in [-0.15, -0.1) is 0 Å². The smallest absolute Gasteiger partial charge is 0.226 e. The molecule has 2 rings (SSSR count). The molecule has 0 spiro atoms. The lowest BCUT2D eigenvalue weighted by atomic mass is 9.79. The van der Waals surface area contributed by atoms with Crippen LogP contribution in [-0.2, 0) is 4.79 Å². The lowest BCUT2D eigenvalue weighted by Crippen LogP contribution is -2.47. The maximum atomic E-state index is 13.3. The average Bonchev–Trinajstić information content (AvgIpc) is 2.50. The molecular formula is C16H23FN2O2. The fourth-order valence-electron chi connectivity index (χ4n) is 2.99. The third-order valence-corrected chi connectivity index (χ3v) is 4.27. The van der Waals surface area contributed by atoms with Gasteiger partial charge in [-0.05, 0) is 32.0 Å². The predicted octanol–water partition coefficient (Wildman–Crippen LogP) is 3.09. The number of nitrogens with one attached hydrogen (secondary N) is 2. The van der Waals surface area contributed by atoms with Gasteiger partial charge in [0.15, 0.2) is 11.6 Å². The van der Waals surface area contributed by atoms with Crippen LogP contribution in [0.4, 0.5) is 10.1 Å². The Balaban J connectivity index is 2.00. The van der Waals surface area contributed by atoms with Crippen molar-refractivity contribution < 1.29 is 13.9 Å². The molecule has 0 unspecified atom stereocenters. The van der Waals surface area contributed by atoms with E-state index in [1.165, 1.54) is 25.7 Å². The van der Waals surface area contributed by atoms with E-state index in [0.29, 0.717) is 12.1 Å². The molecule has 1 aromatic rings. The van der Waals surface area contributed by atoms with Crippen molar-refractivity contribution in [1.29, 1.82) is 0 Å². The summed E-state index contributed by atoms with van der Waals surface area (Å²) >= 11 is 0. The van der Waals surface area contributed by atoms with Crippen LogP contribution >= 0.6 is 0 Å². The number of hydrogen-bond acceptors (Lipinski definition) is 3. The number of anilines is 1. The molecule has 1 saturated carbocycles. The summed E-state index contributed by atoms with van der Waals surface area (Å²) < 4.78 is 18.3. The zero-order valence-corrected chi connectivity index (χ0v) is 12.7. The van der Waals surface area contributed by atoms with E-state index >= 15 is 0 Å². The highest BCUT2D eigenvalue weighted by atomic mass is 19.1.